The summed E-state index contributed by atoms with van der Waals surface area (Å²) < 4.78 is 33.3. The standard InChI is InChI=1S/C35H42N2O10/c1-7-25(38)22-13-21-19-8-9-37-16-18-12-29(47-34(40)17-10-27(43-3)32(39)28(11-17)44-4)33(45-5)30(35(41)46-6)20(18)14-24(37)31(19)36-23(21)15-26(22)42-2/h10-11,13,15,18,20,24,29-30,33,36,39H,7-9,12,14,16H2,1-6H3/t18-,20+,24-,29-,30+,33+/m1/s1. The SMILES string of the molecule is CCC(=O)c1cc2c3c([nH]c2cc1OC)[C@H]1C[C@H]2[C@H](C[C@@H](OC(=O)c4cc(OC)c(O)c(OC)c4)[C@H](OC)[C@H]2C(=O)OC)CN1CC3. The Balaban J connectivity index is 1.31. The number of carbonyl (C=O) groups is 3. The topological polar surface area (TPSA) is 146 Å². The number of Topliss-reactive ketones (excluding diaryl/α,β-unsaturated/α-hetero) is 1. The Morgan fingerprint density at radius 2 is 1.66 bits per heavy atom. The van der Waals surface area contributed by atoms with Crippen LogP contribution in [0.5, 0.6) is 23.0 Å². The number of ether oxygens (including phenoxy) is 6. The van der Waals surface area contributed by atoms with E-state index in [1.807, 2.05) is 19.1 Å². The molecule has 6 rings (SSSR count). The highest BCUT2D eigenvalue weighted by Gasteiger charge is 2.54. The van der Waals surface area contributed by atoms with Gasteiger partial charge >= 0.3 is 11.9 Å². The van der Waals surface area contributed by atoms with E-state index in [-0.39, 0.29) is 46.5 Å². The molecular formula is C35H42N2O10. The van der Waals surface area contributed by atoms with Crippen molar-refractivity contribution in [2.75, 3.05) is 48.6 Å². The monoisotopic (exact) mass is 650 g/mol. The molecule has 3 aromatic rings. The van der Waals surface area contributed by atoms with Gasteiger partial charge in [-0.3, -0.25) is 14.5 Å². The fourth-order valence-corrected chi connectivity index (χ4v) is 8.07. The van der Waals surface area contributed by atoms with E-state index in [0.29, 0.717) is 37.1 Å². The Kier molecular flexibility index (Phi) is 9.08. The molecule has 3 aliphatic rings. The fraction of sp³-hybridized carbons (Fsp3) is 0.514. The summed E-state index contributed by atoms with van der Waals surface area (Å²) in [5, 5.41) is 11.3. The second-order valence-corrected chi connectivity index (χ2v) is 12.5. The lowest BCUT2D eigenvalue weighted by molar-refractivity contribution is -0.176. The second-order valence-electron chi connectivity index (χ2n) is 12.5. The molecule has 0 bridgehead atoms. The van der Waals surface area contributed by atoms with Crippen LogP contribution in [0.15, 0.2) is 24.3 Å². The van der Waals surface area contributed by atoms with Gasteiger partial charge in [0.15, 0.2) is 17.3 Å². The minimum Gasteiger partial charge on any atom is -0.502 e. The number of benzene rings is 2. The third kappa shape index (κ3) is 5.57. The predicted molar refractivity (Wildman–Crippen MR) is 170 cm³/mol. The van der Waals surface area contributed by atoms with Crippen LogP contribution in [0.25, 0.3) is 10.9 Å². The molecule has 12 heteroatoms. The normalized spacial score (nSPS) is 25.2. The van der Waals surface area contributed by atoms with Gasteiger partial charge in [0.1, 0.15) is 18.0 Å². The summed E-state index contributed by atoms with van der Waals surface area (Å²) in [5.41, 5.74) is 3.92. The molecular weight excluding hydrogens is 608 g/mol. The molecule has 47 heavy (non-hydrogen) atoms. The third-order valence-electron chi connectivity index (χ3n) is 10.3. The van der Waals surface area contributed by atoms with Gasteiger partial charge < -0.3 is 38.5 Å². The zero-order valence-electron chi connectivity index (χ0n) is 27.6. The molecule has 0 spiro atoms. The van der Waals surface area contributed by atoms with Crippen LogP contribution in [0.2, 0.25) is 0 Å². The summed E-state index contributed by atoms with van der Waals surface area (Å²) >= 11 is 0. The molecule has 1 aliphatic carbocycles. The highest BCUT2D eigenvalue weighted by Crippen LogP contribution is 2.51. The molecule has 2 N–H and O–H groups in total. The molecule has 1 aromatic heterocycles. The van der Waals surface area contributed by atoms with Crippen LogP contribution in [-0.2, 0) is 25.4 Å². The van der Waals surface area contributed by atoms with E-state index in [1.165, 1.54) is 46.1 Å². The van der Waals surface area contributed by atoms with Crippen LogP contribution >= 0.6 is 0 Å². The van der Waals surface area contributed by atoms with Crippen molar-refractivity contribution in [1.82, 2.24) is 9.88 Å². The number of aromatic hydroxyl groups is 1. The minimum absolute atomic E-state index is 0.0180. The molecule has 0 amide bonds. The van der Waals surface area contributed by atoms with Crippen molar-refractivity contribution in [3.63, 3.8) is 0 Å². The van der Waals surface area contributed by atoms with Gasteiger partial charge in [-0.25, -0.2) is 4.79 Å². The van der Waals surface area contributed by atoms with Crippen molar-refractivity contribution in [3.8, 4) is 23.0 Å². The first-order valence-corrected chi connectivity index (χ1v) is 15.9. The number of aromatic nitrogens is 1. The summed E-state index contributed by atoms with van der Waals surface area (Å²) in [6.07, 6.45) is 0.899. The number of ketones is 1. The van der Waals surface area contributed by atoms with Crippen molar-refractivity contribution in [3.05, 3.63) is 46.6 Å². The summed E-state index contributed by atoms with van der Waals surface area (Å²) in [4.78, 5) is 45.8. The molecule has 2 aromatic carbocycles. The van der Waals surface area contributed by atoms with Gasteiger partial charge in [0.2, 0.25) is 5.75 Å². The van der Waals surface area contributed by atoms with Crippen molar-refractivity contribution < 1.29 is 47.9 Å². The first kappa shape index (κ1) is 32.6. The molecule has 6 atom stereocenters. The molecule has 0 radical (unpaired) electrons. The average molecular weight is 651 g/mol. The number of aromatic amines is 1. The molecule has 12 nitrogen and oxygen atoms in total. The van der Waals surface area contributed by atoms with Crippen molar-refractivity contribution >= 4 is 28.6 Å². The molecule has 2 aliphatic heterocycles. The molecule has 252 valence electrons. The van der Waals surface area contributed by atoms with E-state index in [1.54, 1.807) is 7.11 Å². The van der Waals surface area contributed by atoms with Gasteiger partial charge in [-0.2, -0.15) is 0 Å². The summed E-state index contributed by atoms with van der Waals surface area (Å²) in [6.45, 7) is 3.36. The predicted octanol–water partition coefficient (Wildman–Crippen LogP) is 4.46. The Morgan fingerprint density at radius 1 is 0.957 bits per heavy atom. The van der Waals surface area contributed by atoms with Crippen LogP contribution in [0.4, 0.5) is 0 Å². The smallest absolute Gasteiger partial charge is 0.338 e. The van der Waals surface area contributed by atoms with Crippen molar-refractivity contribution in [2.24, 2.45) is 17.8 Å². The second kappa shape index (κ2) is 13.1. The first-order valence-electron chi connectivity index (χ1n) is 15.9. The lowest BCUT2D eigenvalue weighted by atomic mass is 9.63. The maximum absolute atomic E-state index is 13.5. The number of nitrogens with one attached hydrogen (secondary N) is 1. The lowest BCUT2D eigenvalue weighted by Gasteiger charge is -2.52. The molecule has 0 unspecified atom stereocenters. The molecule has 1 saturated carbocycles. The Morgan fingerprint density at radius 3 is 2.28 bits per heavy atom. The molecule has 1 saturated heterocycles. The third-order valence-corrected chi connectivity index (χ3v) is 10.3. The van der Waals surface area contributed by atoms with Crippen LogP contribution < -0.4 is 14.2 Å². The van der Waals surface area contributed by atoms with E-state index in [4.69, 9.17) is 28.4 Å². The van der Waals surface area contributed by atoms with E-state index in [9.17, 15) is 19.5 Å². The van der Waals surface area contributed by atoms with Crippen LogP contribution in [0, 0.1) is 17.8 Å². The number of phenolic OH excluding ortho intramolecular Hbond substituents is 1. The van der Waals surface area contributed by atoms with Gasteiger partial charge in [0.25, 0.3) is 0 Å². The number of hydrogen-bond acceptors (Lipinski definition) is 11. The Bertz CT molecular complexity index is 1670. The van der Waals surface area contributed by atoms with E-state index >= 15 is 0 Å². The van der Waals surface area contributed by atoms with Crippen molar-refractivity contribution in [1.29, 1.82) is 0 Å². The largest absolute Gasteiger partial charge is 0.502 e. The van der Waals surface area contributed by atoms with E-state index < -0.39 is 30.1 Å². The summed E-state index contributed by atoms with van der Waals surface area (Å²) in [5.74, 6) is -1.29. The number of phenols is 1. The number of piperidine rings is 1. The number of carbonyl (C=O) groups excluding carboxylic acids is 3. The number of fused-ring (bicyclic) bond motifs is 6. The summed E-state index contributed by atoms with van der Waals surface area (Å²) in [7, 11) is 7.21. The van der Waals surface area contributed by atoms with Gasteiger partial charge in [0.05, 0.1) is 51.5 Å². The number of H-pyrrole nitrogens is 1. The number of nitrogens with zero attached hydrogens (tertiary/aromatic N) is 1. The fourth-order valence-electron chi connectivity index (χ4n) is 8.07. The Labute approximate surface area is 273 Å². The highest BCUT2D eigenvalue weighted by molar-refractivity contribution is 6.03. The van der Waals surface area contributed by atoms with Crippen LogP contribution in [0.1, 0.15) is 64.2 Å². The molecule has 2 fully saturated rings. The minimum atomic E-state index is -0.738. The van der Waals surface area contributed by atoms with Crippen LogP contribution in [0.3, 0.4) is 0 Å². The Hall–Kier alpha value is -4.29. The van der Waals surface area contributed by atoms with E-state index in [2.05, 4.69) is 9.88 Å². The van der Waals surface area contributed by atoms with E-state index in [0.717, 1.165) is 29.6 Å². The highest BCUT2D eigenvalue weighted by atomic mass is 16.6. The summed E-state index contributed by atoms with van der Waals surface area (Å²) in [6, 6.07) is 6.65. The quantitative estimate of drug-likeness (QED) is 0.250. The number of esters is 2. The maximum Gasteiger partial charge on any atom is 0.338 e. The molecule has 3 heterocycles. The maximum atomic E-state index is 13.5. The first-order chi connectivity index (χ1) is 22.7. The van der Waals surface area contributed by atoms with Gasteiger partial charge in [-0.1, -0.05) is 6.92 Å². The number of hydrogen-bond donors (Lipinski definition) is 2. The van der Waals surface area contributed by atoms with Gasteiger partial charge in [-0.05, 0) is 54.9 Å². The zero-order valence-corrected chi connectivity index (χ0v) is 27.6. The zero-order chi connectivity index (χ0) is 33.6. The number of rotatable bonds is 9. The van der Waals surface area contributed by atoms with Gasteiger partial charge in [0, 0.05) is 49.3 Å². The van der Waals surface area contributed by atoms with Crippen LogP contribution in [-0.4, -0.2) is 93.6 Å². The number of methoxy groups -OCH3 is 5. The average Bonchev–Trinajstić information content (AvgIpc) is 3.46. The van der Waals surface area contributed by atoms with Gasteiger partial charge in [-0.15, -0.1) is 0 Å². The lowest BCUT2D eigenvalue weighted by Crippen LogP contribution is -2.58. The van der Waals surface area contributed by atoms with Crippen molar-refractivity contribution in [2.45, 2.75) is 50.9 Å².